The van der Waals surface area contributed by atoms with Gasteiger partial charge in [-0.1, -0.05) is 48.0 Å². The Labute approximate surface area is 239 Å². The summed E-state index contributed by atoms with van der Waals surface area (Å²) >= 11 is 0. The van der Waals surface area contributed by atoms with Gasteiger partial charge >= 0.3 is 18.0 Å². The van der Waals surface area contributed by atoms with Crippen molar-refractivity contribution in [1.82, 2.24) is 5.32 Å². The van der Waals surface area contributed by atoms with Crippen LogP contribution in [0.1, 0.15) is 48.0 Å². The Kier molecular flexibility index (Phi) is 10.1. The molecule has 0 aliphatic carbocycles. The fourth-order valence-corrected chi connectivity index (χ4v) is 3.94. The van der Waals surface area contributed by atoms with E-state index in [0.29, 0.717) is 16.7 Å². The summed E-state index contributed by atoms with van der Waals surface area (Å²) in [6.07, 6.45) is -0.272. The van der Waals surface area contributed by atoms with Crippen LogP contribution >= 0.6 is 0 Å². The number of furan rings is 1. The van der Waals surface area contributed by atoms with Gasteiger partial charge in [0.25, 0.3) is 0 Å². The number of aryl methyl sites for hydroxylation is 1. The van der Waals surface area contributed by atoms with Crippen LogP contribution in [0, 0.1) is 6.92 Å². The molecular formula is C32H35NO8. The molecule has 0 unspecified atom stereocenters. The van der Waals surface area contributed by atoms with Gasteiger partial charge < -0.3 is 29.1 Å². The molecule has 1 aromatic heterocycles. The van der Waals surface area contributed by atoms with Crippen molar-refractivity contribution >= 4 is 29.0 Å². The highest BCUT2D eigenvalue weighted by molar-refractivity contribution is 5.98. The molecule has 0 aliphatic rings. The normalized spacial score (nSPS) is 10.8. The molecule has 0 atom stereocenters. The number of hydrogen-bond donors (Lipinski definition) is 2. The molecule has 41 heavy (non-hydrogen) atoms. The number of ether oxygens (including phenoxy) is 3. The number of esters is 1. The van der Waals surface area contributed by atoms with Crippen molar-refractivity contribution in [2.75, 3.05) is 14.2 Å². The minimum absolute atomic E-state index is 0.115. The molecule has 9 heteroatoms. The maximum atomic E-state index is 11.7. The molecule has 0 fully saturated rings. The van der Waals surface area contributed by atoms with Gasteiger partial charge in [-0.2, -0.15) is 0 Å². The Bertz CT molecular complexity index is 1530. The fraction of sp³-hybridized carbons (Fsp3) is 0.281. The van der Waals surface area contributed by atoms with E-state index in [2.05, 4.69) is 5.32 Å². The Morgan fingerprint density at radius 1 is 0.976 bits per heavy atom. The van der Waals surface area contributed by atoms with Crippen LogP contribution in [0.4, 0.5) is 4.79 Å². The number of rotatable bonds is 7. The third-order valence-corrected chi connectivity index (χ3v) is 5.75. The van der Waals surface area contributed by atoms with Crippen LogP contribution in [0.25, 0.3) is 22.1 Å². The zero-order chi connectivity index (χ0) is 30.2. The molecular weight excluding hydrogens is 526 g/mol. The minimum atomic E-state index is -1.12. The number of carboxylic acid groups (broad SMARTS) is 1. The maximum absolute atomic E-state index is 11.7. The molecule has 0 saturated carbocycles. The van der Waals surface area contributed by atoms with Gasteiger partial charge in [-0.3, -0.25) is 4.79 Å². The second-order valence-electron chi connectivity index (χ2n) is 10.2. The molecule has 0 spiro atoms. The van der Waals surface area contributed by atoms with Gasteiger partial charge in [0.05, 0.1) is 13.5 Å². The Morgan fingerprint density at radius 2 is 1.71 bits per heavy atom. The molecule has 3 aromatic carbocycles. The smallest absolute Gasteiger partial charge is 0.407 e. The van der Waals surface area contributed by atoms with E-state index in [1.165, 1.54) is 20.2 Å². The van der Waals surface area contributed by atoms with Crippen LogP contribution in [0.3, 0.4) is 0 Å². The number of carboxylic acids is 1. The number of fused-ring (bicyclic) bond motifs is 1. The minimum Gasteiger partial charge on any atom is -0.489 e. The lowest BCUT2D eigenvalue weighted by atomic mass is 9.99. The first-order chi connectivity index (χ1) is 19.4. The first kappa shape index (κ1) is 30.7. The van der Waals surface area contributed by atoms with Crippen LogP contribution in [-0.2, 0) is 27.3 Å². The van der Waals surface area contributed by atoms with Crippen LogP contribution in [0.5, 0.6) is 5.75 Å². The molecule has 4 aromatic rings. The van der Waals surface area contributed by atoms with Crippen LogP contribution in [0.2, 0.25) is 0 Å². The zero-order valence-corrected chi connectivity index (χ0v) is 24.1. The van der Waals surface area contributed by atoms with Crippen LogP contribution in [0.15, 0.2) is 71.1 Å². The lowest BCUT2D eigenvalue weighted by Gasteiger charge is -2.18. The number of carbonyl (C=O) groups is 3. The van der Waals surface area contributed by atoms with E-state index in [1.54, 1.807) is 6.07 Å². The summed E-state index contributed by atoms with van der Waals surface area (Å²) in [5.41, 5.74) is 4.51. The Morgan fingerprint density at radius 3 is 2.32 bits per heavy atom. The first-order valence-corrected chi connectivity index (χ1v) is 12.9. The first-order valence-electron chi connectivity index (χ1n) is 12.9. The molecule has 4 rings (SSSR count). The van der Waals surface area contributed by atoms with E-state index < -0.39 is 5.97 Å². The number of para-hydroxylation sites is 1. The Hall–Kier alpha value is -4.79. The number of carbonyl (C=O) groups excluding carboxylic acids is 2. The average Bonchev–Trinajstić information content (AvgIpc) is 3.36. The number of alkyl carbamates (subject to hydrolysis) is 1. The van der Waals surface area contributed by atoms with Crippen molar-refractivity contribution in [3.8, 4) is 16.9 Å². The van der Waals surface area contributed by atoms with E-state index in [4.69, 9.17) is 18.6 Å². The van der Waals surface area contributed by atoms with E-state index in [9.17, 15) is 19.5 Å². The number of hydrogen-bond acceptors (Lipinski definition) is 7. The number of methoxy groups -OCH3 is 1. The summed E-state index contributed by atoms with van der Waals surface area (Å²) in [7, 11) is 2.89. The number of amides is 1. The standard InChI is InChI=1S/C26H22O6.C6H13NO2/c1-16-6-5-8-18(10-16)21-12-17(11-20-13-23(26(28)29)32-25(20)21)15-31-22-9-4-3-7-19(22)14-24(27)30-2;1-6(2,3)9-5(8)7-4/h3-13H,14-15H2,1-2H3,(H,28,29);1-4H3,(H,7,8). The summed E-state index contributed by atoms with van der Waals surface area (Å²) in [6.45, 7) is 7.70. The number of nitrogens with one attached hydrogen (secondary N) is 1. The van der Waals surface area contributed by atoms with Crippen molar-refractivity contribution in [2.45, 2.75) is 46.3 Å². The number of aromatic carboxylic acids is 1. The van der Waals surface area contributed by atoms with E-state index in [0.717, 1.165) is 27.8 Å². The van der Waals surface area contributed by atoms with Gasteiger partial charge in [-0.05, 0) is 63.1 Å². The van der Waals surface area contributed by atoms with E-state index in [-0.39, 0.29) is 36.5 Å². The lowest BCUT2D eigenvalue weighted by Crippen LogP contribution is -2.30. The molecule has 0 radical (unpaired) electrons. The topological polar surface area (TPSA) is 124 Å². The Balaban J connectivity index is 0.000000445. The second-order valence-corrected chi connectivity index (χ2v) is 10.2. The monoisotopic (exact) mass is 561 g/mol. The quantitative estimate of drug-likeness (QED) is 0.244. The highest BCUT2D eigenvalue weighted by Crippen LogP contribution is 2.33. The molecule has 0 aliphatic heterocycles. The van der Waals surface area contributed by atoms with Crippen LogP contribution < -0.4 is 10.1 Å². The summed E-state index contributed by atoms with van der Waals surface area (Å²) in [5, 5.41) is 12.4. The summed E-state index contributed by atoms with van der Waals surface area (Å²) in [5.74, 6) is -0.987. The fourth-order valence-electron chi connectivity index (χ4n) is 3.94. The van der Waals surface area contributed by atoms with Gasteiger partial charge in [0.1, 0.15) is 23.5 Å². The summed E-state index contributed by atoms with van der Waals surface area (Å²) in [4.78, 5) is 33.7. The second kappa shape index (κ2) is 13.5. The largest absolute Gasteiger partial charge is 0.489 e. The van der Waals surface area contributed by atoms with Crippen LogP contribution in [-0.4, -0.2) is 42.9 Å². The predicted octanol–water partition coefficient (Wildman–Crippen LogP) is 6.54. The van der Waals surface area contributed by atoms with E-state index >= 15 is 0 Å². The lowest BCUT2D eigenvalue weighted by molar-refractivity contribution is -0.139. The zero-order valence-electron chi connectivity index (χ0n) is 24.1. The average molecular weight is 562 g/mol. The molecule has 1 amide bonds. The molecule has 2 N–H and O–H groups in total. The van der Waals surface area contributed by atoms with Gasteiger partial charge in [0, 0.05) is 23.6 Å². The van der Waals surface area contributed by atoms with Gasteiger partial charge in [0.15, 0.2) is 0 Å². The summed E-state index contributed by atoms with van der Waals surface area (Å²) < 4.78 is 21.3. The molecule has 1 heterocycles. The SMILES string of the molecule is CNC(=O)OC(C)(C)C.COC(=O)Cc1ccccc1OCc1cc(-c2cccc(C)c2)c2oc(C(=O)O)cc2c1. The predicted molar refractivity (Wildman–Crippen MR) is 155 cm³/mol. The molecule has 9 nitrogen and oxygen atoms in total. The summed E-state index contributed by atoms with van der Waals surface area (Å²) in [6, 6.07) is 20.5. The van der Waals surface area contributed by atoms with Gasteiger partial charge in [-0.25, -0.2) is 9.59 Å². The maximum Gasteiger partial charge on any atom is 0.407 e. The van der Waals surface area contributed by atoms with Crippen molar-refractivity contribution in [3.63, 3.8) is 0 Å². The molecule has 0 bridgehead atoms. The van der Waals surface area contributed by atoms with Crippen molar-refractivity contribution < 1.29 is 38.1 Å². The van der Waals surface area contributed by atoms with Crippen molar-refractivity contribution in [3.05, 3.63) is 89.2 Å². The molecule has 0 saturated heterocycles. The van der Waals surface area contributed by atoms with Crippen molar-refractivity contribution in [2.24, 2.45) is 0 Å². The highest BCUT2D eigenvalue weighted by Gasteiger charge is 2.17. The third kappa shape index (κ3) is 8.86. The van der Waals surface area contributed by atoms with E-state index in [1.807, 2.05) is 82.3 Å². The highest BCUT2D eigenvalue weighted by atomic mass is 16.6. The van der Waals surface area contributed by atoms with Crippen molar-refractivity contribution in [1.29, 1.82) is 0 Å². The van der Waals surface area contributed by atoms with Gasteiger partial charge in [0.2, 0.25) is 5.76 Å². The third-order valence-electron chi connectivity index (χ3n) is 5.75. The van der Waals surface area contributed by atoms with Gasteiger partial charge in [-0.15, -0.1) is 0 Å². The number of benzene rings is 3. The molecule has 216 valence electrons.